The molecular weight excluding hydrogens is 326 g/mol. The number of fused-ring (bicyclic) bond motifs is 1. The van der Waals surface area contributed by atoms with Crippen molar-refractivity contribution in [3.05, 3.63) is 83.4 Å². The van der Waals surface area contributed by atoms with Crippen LogP contribution in [0.1, 0.15) is 23.6 Å². The van der Waals surface area contributed by atoms with Crippen molar-refractivity contribution in [1.29, 1.82) is 0 Å². The molecule has 0 heterocycles. The fourth-order valence-corrected chi connectivity index (χ4v) is 2.76. The Morgan fingerprint density at radius 2 is 1.62 bits per heavy atom. The van der Waals surface area contributed by atoms with E-state index in [0.717, 1.165) is 22.4 Å². The van der Waals surface area contributed by atoms with E-state index in [-0.39, 0.29) is 12.4 Å². The lowest BCUT2D eigenvalue weighted by molar-refractivity contribution is -0.139. The largest absolute Gasteiger partial charge is 0.469 e. The van der Waals surface area contributed by atoms with E-state index >= 15 is 0 Å². The van der Waals surface area contributed by atoms with Gasteiger partial charge in [0.25, 0.3) is 0 Å². The Morgan fingerprint density at radius 1 is 0.923 bits per heavy atom. The van der Waals surface area contributed by atoms with Crippen molar-refractivity contribution >= 4 is 22.5 Å². The van der Waals surface area contributed by atoms with Gasteiger partial charge in [-0.3, -0.25) is 4.79 Å². The smallest absolute Gasteiger partial charge is 0.309 e. The first-order valence-electron chi connectivity index (χ1n) is 8.46. The second-order valence-electron chi connectivity index (χ2n) is 6.03. The lowest BCUT2D eigenvalue weighted by atomic mass is 10.0. The van der Waals surface area contributed by atoms with Gasteiger partial charge >= 0.3 is 5.97 Å². The van der Waals surface area contributed by atoms with E-state index in [0.29, 0.717) is 6.61 Å². The number of carbonyl (C=O) groups excluding carboxylic acids is 1. The van der Waals surface area contributed by atoms with Gasteiger partial charge in [-0.25, -0.2) is 0 Å². The number of nitrogens with zero attached hydrogens (tertiary/aromatic N) is 1. The summed E-state index contributed by atoms with van der Waals surface area (Å²) >= 11 is 0. The first kappa shape index (κ1) is 17.7. The number of hydrogen-bond donors (Lipinski definition) is 0. The summed E-state index contributed by atoms with van der Waals surface area (Å²) in [5.41, 5.74) is 3.64. The van der Waals surface area contributed by atoms with Gasteiger partial charge in [0.2, 0.25) is 0 Å². The fraction of sp³-hybridized carbons (Fsp3) is 0.182. The van der Waals surface area contributed by atoms with E-state index in [9.17, 15) is 4.79 Å². The molecule has 3 aromatic rings. The summed E-state index contributed by atoms with van der Waals surface area (Å²) in [4.78, 5) is 17.1. The highest BCUT2D eigenvalue weighted by Crippen LogP contribution is 2.17. The fourth-order valence-electron chi connectivity index (χ4n) is 2.76. The zero-order valence-electron chi connectivity index (χ0n) is 14.9. The first-order valence-corrected chi connectivity index (χ1v) is 8.46. The summed E-state index contributed by atoms with van der Waals surface area (Å²) in [6.07, 6.45) is 0.226. The van der Waals surface area contributed by atoms with Crippen molar-refractivity contribution in [2.45, 2.75) is 20.0 Å². The van der Waals surface area contributed by atoms with Crippen LogP contribution >= 0.6 is 0 Å². The van der Waals surface area contributed by atoms with Crippen molar-refractivity contribution in [3.63, 3.8) is 0 Å². The summed E-state index contributed by atoms with van der Waals surface area (Å²) in [6.45, 7) is 2.22. The molecule has 0 unspecified atom stereocenters. The maximum Gasteiger partial charge on any atom is 0.309 e. The number of carbonyl (C=O) groups is 1. The van der Waals surface area contributed by atoms with Crippen molar-refractivity contribution < 1.29 is 14.4 Å². The maximum absolute atomic E-state index is 11.5. The quantitative estimate of drug-likeness (QED) is 0.375. The van der Waals surface area contributed by atoms with Gasteiger partial charge < -0.3 is 9.57 Å². The summed E-state index contributed by atoms with van der Waals surface area (Å²) in [7, 11) is 1.39. The minimum absolute atomic E-state index is 0.226. The minimum Gasteiger partial charge on any atom is -0.469 e. The number of esters is 1. The van der Waals surface area contributed by atoms with Crippen LogP contribution in [0.25, 0.3) is 10.8 Å². The van der Waals surface area contributed by atoms with Crippen molar-refractivity contribution in [1.82, 2.24) is 0 Å². The number of benzene rings is 3. The molecule has 132 valence electrons. The van der Waals surface area contributed by atoms with E-state index in [4.69, 9.17) is 9.57 Å². The Morgan fingerprint density at radius 3 is 2.38 bits per heavy atom. The highest BCUT2D eigenvalue weighted by Gasteiger charge is 2.08. The lowest BCUT2D eigenvalue weighted by Gasteiger charge is -2.08. The Kier molecular flexibility index (Phi) is 5.64. The number of rotatable bonds is 6. The van der Waals surface area contributed by atoms with Crippen LogP contribution < -0.4 is 0 Å². The van der Waals surface area contributed by atoms with Crippen LogP contribution in [-0.4, -0.2) is 18.8 Å². The average Bonchev–Trinajstić information content (AvgIpc) is 2.68. The molecule has 3 aromatic carbocycles. The van der Waals surface area contributed by atoms with Gasteiger partial charge in [0, 0.05) is 0 Å². The van der Waals surface area contributed by atoms with Gasteiger partial charge in [0.05, 0.1) is 19.2 Å². The SMILES string of the molecule is COC(=O)Cc1ccccc1CO/N=C(/C)c1ccc2ccccc2c1. The molecule has 4 nitrogen and oxygen atoms in total. The molecule has 4 heteroatoms. The van der Waals surface area contributed by atoms with Gasteiger partial charge in [0.15, 0.2) is 0 Å². The molecule has 0 amide bonds. The number of oxime groups is 1. The Hall–Kier alpha value is -3.14. The standard InChI is InChI=1S/C22H21NO3/c1-16(18-12-11-17-7-3-4-8-19(17)13-18)23-26-15-21-10-6-5-9-20(21)14-22(24)25-2/h3-13H,14-15H2,1-2H3/b23-16-. The molecule has 0 radical (unpaired) electrons. The zero-order valence-corrected chi connectivity index (χ0v) is 14.9. The van der Waals surface area contributed by atoms with Gasteiger partial charge in [-0.05, 0) is 40.5 Å². The van der Waals surface area contributed by atoms with Crippen molar-refractivity contribution in [2.24, 2.45) is 5.16 Å². The third-order valence-electron chi connectivity index (χ3n) is 4.27. The number of ether oxygens (including phenoxy) is 1. The molecule has 0 spiro atoms. The predicted molar refractivity (Wildman–Crippen MR) is 103 cm³/mol. The zero-order chi connectivity index (χ0) is 18.4. The number of methoxy groups -OCH3 is 1. The monoisotopic (exact) mass is 347 g/mol. The first-order chi connectivity index (χ1) is 12.7. The molecule has 0 fully saturated rings. The number of hydrogen-bond acceptors (Lipinski definition) is 4. The maximum atomic E-state index is 11.5. The van der Waals surface area contributed by atoms with E-state index in [1.807, 2.05) is 49.4 Å². The van der Waals surface area contributed by atoms with Crippen LogP contribution in [0.4, 0.5) is 0 Å². The van der Waals surface area contributed by atoms with E-state index in [1.54, 1.807) is 0 Å². The highest BCUT2D eigenvalue weighted by atomic mass is 16.6. The van der Waals surface area contributed by atoms with Crippen molar-refractivity contribution in [3.8, 4) is 0 Å². The summed E-state index contributed by atoms with van der Waals surface area (Å²) < 4.78 is 4.74. The van der Waals surface area contributed by atoms with E-state index in [2.05, 4.69) is 29.4 Å². The molecule has 0 aromatic heterocycles. The Bertz CT molecular complexity index is 947. The Labute approximate surface area is 153 Å². The van der Waals surface area contributed by atoms with Crippen LogP contribution in [-0.2, 0) is 27.4 Å². The second-order valence-corrected chi connectivity index (χ2v) is 6.03. The molecule has 26 heavy (non-hydrogen) atoms. The molecule has 0 bridgehead atoms. The van der Waals surface area contributed by atoms with Gasteiger partial charge in [-0.1, -0.05) is 65.8 Å². The summed E-state index contributed by atoms with van der Waals surface area (Å²) in [5.74, 6) is -0.270. The van der Waals surface area contributed by atoms with Crippen molar-refractivity contribution in [2.75, 3.05) is 7.11 Å². The summed E-state index contributed by atoms with van der Waals surface area (Å²) in [5, 5.41) is 6.60. The third-order valence-corrected chi connectivity index (χ3v) is 4.27. The molecule has 0 saturated heterocycles. The van der Waals surface area contributed by atoms with Crippen LogP contribution in [0.2, 0.25) is 0 Å². The topological polar surface area (TPSA) is 47.9 Å². The molecular formula is C22H21NO3. The average molecular weight is 347 g/mol. The van der Waals surface area contributed by atoms with Crippen LogP contribution in [0.3, 0.4) is 0 Å². The highest BCUT2D eigenvalue weighted by molar-refractivity contribution is 6.01. The predicted octanol–water partition coefficient (Wildman–Crippen LogP) is 4.50. The second kappa shape index (κ2) is 8.30. The van der Waals surface area contributed by atoms with Crippen LogP contribution in [0, 0.1) is 0 Å². The van der Waals surface area contributed by atoms with Gasteiger partial charge in [-0.15, -0.1) is 0 Å². The minimum atomic E-state index is -0.270. The molecule has 3 rings (SSSR count). The molecule has 0 aliphatic heterocycles. The van der Waals surface area contributed by atoms with Crippen LogP contribution in [0.5, 0.6) is 0 Å². The summed E-state index contributed by atoms with van der Waals surface area (Å²) in [6, 6.07) is 22.1. The normalized spacial score (nSPS) is 11.4. The molecule has 0 aliphatic carbocycles. The van der Waals surface area contributed by atoms with Gasteiger partial charge in [-0.2, -0.15) is 0 Å². The van der Waals surface area contributed by atoms with Crippen LogP contribution in [0.15, 0.2) is 71.9 Å². The van der Waals surface area contributed by atoms with E-state index < -0.39 is 0 Å². The molecule has 0 saturated carbocycles. The Balaban J connectivity index is 1.70. The molecule has 0 N–H and O–H groups in total. The van der Waals surface area contributed by atoms with E-state index in [1.165, 1.54) is 17.9 Å². The van der Waals surface area contributed by atoms with Gasteiger partial charge in [0.1, 0.15) is 6.61 Å². The third kappa shape index (κ3) is 4.28. The molecule has 0 atom stereocenters. The molecule has 0 aliphatic rings. The lowest BCUT2D eigenvalue weighted by Crippen LogP contribution is -2.07.